The van der Waals surface area contributed by atoms with Crippen molar-refractivity contribution in [2.75, 3.05) is 33.0 Å². The van der Waals surface area contributed by atoms with Crippen LogP contribution in [0.1, 0.15) is 40.5 Å². The van der Waals surface area contributed by atoms with Gasteiger partial charge < -0.3 is 24.3 Å². The summed E-state index contributed by atoms with van der Waals surface area (Å²) in [7, 11) is -0.493. The Morgan fingerprint density at radius 2 is 1.58 bits per heavy atom. The lowest BCUT2D eigenvalue weighted by Crippen LogP contribution is -2.40. The van der Waals surface area contributed by atoms with E-state index in [1.54, 1.807) is 13.8 Å². The van der Waals surface area contributed by atoms with E-state index in [0.29, 0.717) is 26.4 Å². The van der Waals surface area contributed by atoms with E-state index < -0.39 is 27.5 Å². The highest BCUT2D eigenvalue weighted by molar-refractivity contribution is 6.36. The SMILES string of the molecule is CCOC(=O)C[C@H](NCCC[SiH2]C(OCC)OCC)C(=O)OCC. The highest BCUT2D eigenvalue weighted by Crippen LogP contribution is 2.02. The summed E-state index contributed by atoms with van der Waals surface area (Å²) >= 11 is 0. The van der Waals surface area contributed by atoms with Gasteiger partial charge in [0.05, 0.1) is 29.2 Å². The van der Waals surface area contributed by atoms with Gasteiger partial charge >= 0.3 is 11.9 Å². The molecule has 0 bridgehead atoms. The van der Waals surface area contributed by atoms with Gasteiger partial charge in [-0.2, -0.15) is 0 Å². The lowest BCUT2D eigenvalue weighted by molar-refractivity contribution is -0.152. The molecule has 0 saturated heterocycles. The van der Waals surface area contributed by atoms with Gasteiger partial charge in [-0.3, -0.25) is 9.59 Å². The molecule has 0 aliphatic heterocycles. The van der Waals surface area contributed by atoms with Crippen LogP contribution in [0.5, 0.6) is 0 Å². The number of hydrogen-bond acceptors (Lipinski definition) is 7. The lowest BCUT2D eigenvalue weighted by Gasteiger charge is -2.18. The van der Waals surface area contributed by atoms with Crippen molar-refractivity contribution in [3.8, 4) is 0 Å². The molecular formula is C16H33NO6Si. The number of carbonyl (C=O) groups is 2. The van der Waals surface area contributed by atoms with Gasteiger partial charge in [0.25, 0.3) is 0 Å². The molecule has 0 aromatic rings. The predicted octanol–water partition coefficient (Wildman–Crippen LogP) is 0.795. The highest BCUT2D eigenvalue weighted by Gasteiger charge is 2.23. The van der Waals surface area contributed by atoms with Crippen molar-refractivity contribution in [2.24, 2.45) is 0 Å². The average molecular weight is 364 g/mol. The minimum absolute atomic E-state index is 0.00931. The fraction of sp³-hybridized carbons (Fsp3) is 0.875. The quantitative estimate of drug-likeness (QED) is 0.199. The molecule has 0 fully saturated rings. The summed E-state index contributed by atoms with van der Waals surface area (Å²) in [5, 5.41) is 3.10. The van der Waals surface area contributed by atoms with Crippen molar-refractivity contribution in [1.82, 2.24) is 5.32 Å². The summed E-state index contributed by atoms with van der Waals surface area (Å²) in [6, 6.07) is 0.382. The van der Waals surface area contributed by atoms with E-state index >= 15 is 0 Å². The Hall–Kier alpha value is -0.963. The van der Waals surface area contributed by atoms with Crippen molar-refractivity contribution in [1.29, 1.82) is 0 Å². The smallest absolute Gasteiger partial charge is 0.323 e. The minimum Gasteiger partial charge on any atom is -0.466 e. The Kier molecular flexibility index (Phi) is 14.9. The molecule has 0 radical (unpaired) electrons. The van der Waals surface area contributed by atoms with Crippen molar-refractivity contribution in [3.63, 3.8) is 0 Å². The van der Waals surface area contributed by atoms with Crippen LogP contribution in [-0.2, 0) is 28.5 Å². The molecule has 0 spiro atoms. The molecule has 1 atom stereocenters. The molecule has 24 heavy (non-hydrogen) atoms. The van der Waals surface area contributed by atoms with Crippen molar-refractivity contribution in [3.05, 3.63) is 0 Å². The summed E-state index contributed by atoms with van der Waals surface area (Å²) in [6.45, 7) is 9.94. The predicted molar refractivity (Wildman–Crippen MR) is 94.7 cm³/mol. The summed E-state index contributed by atoms with van der Waals surface area (Å²) < 4.78 is 21.0. The first-order chi connectivity index (χ1) is 11.6. The maximum atomic E-state index is 11.9. The molecule has 0 aliphatic carbocycles. The zero-order valence-electron chi connectivity index (χ0n) is 15.5. The first kappa shape index (κ1) is 23.0. The van der Waals surface area contributed by atoms with Crippen molar-refractivity contribution < 1.29 is 28.5 Å². The standard InChI is InChI=1S/C16H33NO6Si/c1-5-20-14(18)12-13(15(19)21-6-2)17-10-9-11-24-16(22-7-3)23-8-4/h13,16-17H,5-12,24H2,1-4H3/t13-/m0/s1. The Balaban J connectivity index is 4.16. The van der Waals surface area contributed by atoms with E-state index in [9.17, 15) is 9.59 Å². The van der Waals surface area contributed by atoms with Gasteiger partial charge in [0.1, 0.15) is 12.0 Å². The lowest BCUT2D eigenvalue weighted by atomic mass is 10.2. The Bertz CT molecular complexity index is 337. The molecule has 1 N–H and O–H groups in total. The van der Waals surface area contributed by atoms with Crippen molar-refractivity contribution in [2.45, 2.75) is 58.5 Å². The topological polar surface area (TPSA) is 83.1 Å². The normalized spacial score (nSPS) is 12.7. The molecule has 8 heteroatoms. The fourth-order valence-corrected chi connectivity index (χ4v) is 3.84. The van der Waals surface area contributed by atoms with Gasteiger partial charge in [-0.1, -0.05) is 6.04 Å². The molecule has 7 nitrogen and oxygen atoms in total. The maximum absolute atomic E-state index is 11.9. The second kappa shape index (κ2) is 15.6. The Labute approximate surface area is 147 Å². The second-order valence-corrected chi connectivity index (χ2v) is 7.06. The number of ether oxygens (including phenoxy) is 4. The van der Waals surface area contributed by atoms with E-state index in [4.69, 9.17) is 18.9 Å². The molecule has 0 heterocycles. The van der Waals surface area contributed by atoms with E-state index in [-0.39, 0.29) is 18.9 Å². The Morgan fingerprint density at radius 3 is 2.12 bits per heavy atom. The zero-order chi connectivity index (χ0) is 18.2. The van der Waals surface area contributed by atoms with Crippen LogP contribution in [0.2, 0.25) is 6.04 Å². The van der Waals surface area contributed by atoms with E-state index in [1.807, 2.05) is 13.8 Å². The van der Waals surface area contributed by atoms with Crippen LogP contribution in [-0.4, -0.2) is 66.4 Å². The van der Waals surface area contributed by atoms with Crippen LogP contribution in [0.3, 0.4) is 0 Å². The molecule has 0 amide bonds. The summed E-state index contributed by atoms with van der Waals surface area (Å²) in [4.78, 5) is 23.5. The molecule has 142 valence electrons. The van der Waals surface area contributed by atoms with Crippen LogP contribution >= 0.6 is 0 Å². The van der Waals surface area contributed by atoms with Gasteiger partial charge in [-0.15, -0.1) is 0 Å². The third kappa shape index (κ3) is 11.6. The summed E-state index contributed by atoms with van der Waals surface area (Å²) in [6.07, 6.45) is 0.895. The van der Waals surface area contributed by atoms with E-state index in [0.717, 1.165) is 12.5 Å². The van der Waals surface area contributed by atoms with Gasteiger partial charge in [0.2, 0.25) is 0 Å². The second-order valence-electron chi connectivity index (χ2n) is 5.10. The van der Waals surface area contributed by atoms with Crippen LogP contribution in [0.15, 0.2) is 0 Å². The number of carbonyl (C=O) groups excluding carboxylic acids is 2. The first-order valence-electron chi connectivity index (χ1n) is 8.87. The highest BCUT2D eigenvalue weighted by atomic mass is 28.2. The van der Waals surface area contributed by atoms with Crippen LogP contribution in [0.4, 0.5) is 0 Å². The van der Waals surface area contributed by atoms with Crippen molar-refractivity contribution >= 4 is 21.5 Å². The van der Waals surface area contributed by atoms with Gasteiger partial charge in [0.15, 0.2) is 0 Å². The number of hydrogen-bond donors (Lipinski definition) is 1. The summed E-state index contributed by atoms with van der Waals surface area (Å²) in [5.74, 6) is -0.852. The summed E-state index contributed by atoms with van der Waals surface area (Å²) in [5.41, 5.74) is 0. The number of nitrogens with one attached hydrogen (secondary N) is 1. The molecule has 0 aromatic carbocycles. The van der Waals surface area contributed by atoms with E-state index in [2.05, 4.69) is 5.32 Å². The molecule has 0 unspecified atom stereocenters. The van der Waals surface area contributed by atoms with E-state index in [1.165, 1.54) is 0 Å². The third-order valence-corrected chi connectivity index (χ3v) is 5.06. The van der Waals surface area contributed by atoms with Crippen LogP contribution in [0, 0.1) is 0 Å². The molecule has 0 aromatic heterocycles. The fourth-order valence-electron chi connectivity index (χ4n) is 2.17. The molecular weight excluding hydrogens is 330 g/mol. The third-order valence-electron chi connectivity index (χ3n) is 3.21. The monoisotopic (exact) mass is 363 g/mol. The van der Waals surface area contributed by atoms with Gasteiger partial charge in [-0.25, -0.2) is 0 Å². The van der Waals surface area contributed by atoms with Crippen LogP contribution < -0.4 is 5.32 Å². The number of rotatable bonds is 15. The average Bonchev–Trinajstić information content (AvgIpc) is 2.54. The Morgan fingerprint density at radius 1 is 0.958 bits per heavy atom. The van der Waals surface area contributed by atoms with Crippen LogP contribution in [0.25, 0.3) is 0 Å². The first-order valence-corrected chi connectivity index (χ1v) is 10.7. The largest absolute Gasteiger partial charge is 0.466 e. The van der Waals surface area contributed by atoms with Gasteiger partial charge in [0, 0.05) is 13.2 Å². The minimum atomic E-state index is -0.653. The zero-order valence-corrected chi connectivity index (χ0v) is 16.9. The maximum Gasteiger partial charge on any atom is 0.323 e. The molecule has 0 saturated carbocycles. The number of esters is 2. The molecule has 0 aliphatic rings. The van der Waals surface area contributed by atoms with Gasteiger partial charge in [-0.05, 0) is 40.7 Å². The molecule has 0 rings (SSSR count).